The van der Waals surface area contributed by atoms with E-state index >= 15 is 0 Å². The van der Waals surface area contributed by atoms with Crippen LogP contribution in [-0.4, -0.2) is 88.0 Å². The summed E-state index contributed by atoms with van der Waals surface area (Å²) in [4.78, 5) is 49.6. The summed E-state index contributed by atoms with van der Waals surface area (Å²) in [5.74, 6) is 0.773. The maximum Gasteiger partial charge on any atom is 0.415 e. The van der Waals surface area contributed by atoms with Crippen molar-refractivity contribution in [2.75, 3.05) is 39.1 Å². The number of hydrogen-bond acceptors (Lipinski definition) is 4. The van der Waals surface area contributed by atoms with Crippen LogP contribution >= 0.6 is 24.0 Å². The number of carbonyl (C=O) groups excluding carboxylic acids is 2. The molecule has 0 aliphatic carbocycles. The van der Waals surface area contributed by atoms with Crippen molar-refractivity contribution < 1.29 is 29.4 Å². The molecule has 0 bridgehead atoms. The molecule has 0 aliphatic rings. The van der Waals surface area contributed by atoms with E-state index in [9.17, 15) is 19.2 Å². The Hall–Kier alpha value is -1.74. The third kappa shape index (κ3) is 35.3. The molecule has 4 amide bonds. The summed E-state index contributed by atoms with van der Waals surface area (Å²) in [6, 6.07) is -0.385. The van der Waals surface area contributed by atoms with Crippen LogP contribution in [0, 0.1) is 11.8 Å². The van der Waals surface area contributed by atoms with Crippen LogP contribution in [0.5, 0.6) is 0 Å². The van der Waals surface area contributed by atoms with Crippen LogP contribution in [0.2, 0.25) is 0 Å². The summed E-state index contributed by atoms with van der Waals surface area (Å²) in [5.41, 5.74) is 0. The van der Waals surface area contributed by atoms with Gasteiger partial charge >= 0.3 is 18.1 Å². The molecule has 312 valence electrons. The molecule has 2 atom stereocenters. The maximum absolute atomic E-state index is 12.3. The topological polar surface area (TPSA) is 118 Å². The number of unbranched alkanes of at least 4 members (excludes halogenated alkanes) is 12. The molecule has 0 spiro atoms. The van der Waals surface area contributed by atoms with Crippen LogP contribution < -0.4 is 0 Å². The number of amides is 4. The number of halogens is 2. The first-order chi connectivity index (χ1) is 24.4. The van der Waals surface area contributed by atoms with E-state index in [1.807, 2.05) is 11.8 Å². The number of carboxylic acid groups (broad SMARTS) is 2. The molecule has 0 saturated carbocycles. The Morgan fingerprint density at radius 3 is 1.23 bits per heavy atom. The summed E-state index contributed by atoms with van der Waals surface area (Å²) >= 11 is 5.82. The minimum atomic E-state index is -1.18. The second-order valence-corrected chi connectivity index (χ2v) is 14.3. The number of hydrogen-bond donors (Lipinski definition) is 2. The Bertz CT molecular complexity index is 802. The second-order valence-electron chi connectivity index (χ2n) is 14.1. The summed E-state index contributed by atoms with van der Waals surface area (Å²) in [5, 5.41) is 16.9. The van der Waals surface area contributed by atoms with Crippen molar-refractivity contribution in [1.82, 2.24) is 14.7 Å². The van der Waals surface area contributed by atoms with E-state index in [1.54, 1.807) is 4.90 Å². The van der Waals surface area contributed by atoms with E-state index in [0.717, 1.165) is 62.9 Å². The lowest BCUT2D eigenvalue weighted by Crippen LogP contribution is -2.44. The molecule has 0 radical (unpaired) electrons. The molecule has 0 aliphatic heterocycles. The summed E-state index contributed by atoms with van der Waals surface area (Å²) < 4.78 is 0. The monoisotopic (exact) mass is 784 g/mol. The van der Waals surface area contributed by atoms with Crippen molar-refractivity contribution in [2.45, 2.75) is 190 Å². The number of carboxylic acids is 1. The highest BCUT2D eigenvalue weighted by Crippen LogP contribution is 2.19. The molecule has 0 fully saturated rings. The fraction of sp³-hybridized carbons (Fsp3) is 0.902. The van der Waals surface area contributed by atoms with Gasteiger partial charge in [0.25, 0.3) is 0 Å². The third-order valence-corrected chi connectivity index (χ3v) is 9.61. The SMILES string of the molecule is CCCC(=O)O.CCCCC(CC)CN(CC(CC)CCCC)C(=O)CCl.CCCCCCCCN(CCCCCCCC)C(=O)N(C)C(=O)O.Cl. The van der Waals surface area contributed by atoms with Crippen LogP contribution in [-0.2, 0) is 9.59 Å². The lowest BCUT2D eigenvalue weighted by molar-refractivity contribution is -0.137. The van der Waals surface area contributed by atoms with Crippen molar-refractivity contribution in [3.63, 3.8) is 0 Å². The van der Waals surface area contributed by atoms with Gasteiger partial charge in [-0.25, -0.2) is 14.5 Å². The van der Waals surface area contributed by atoms with Crippen molar-refractivity contribution in [2.24, 2.45) is 11.8 Å². The van der Waals surface area contributed by atoms with Crippen molar-refractivity contribution in [3.8, 4) is 0 Å². The Balaban J connectivity index is -0.000000378. The predicted molar refractivity (Wildman–Crippen MR) is 223 cm³/mol. The van der Waals surface area contributed by atoms with E-state index in [2.05, 4.69) is 41.5 Å². The van der Waals surface area contributed by atoms with Gasteiger partial charge in [-0.15, -0.1) is 24.0 Å². The average molecular weight is 785 g/mol. The summed E-state index contributed by atoms with van der Waals surface area (Å²) in [6.45, 7) is 18.3. The van der Waals surface area contributed by atoms with Crippen LogP contribution in [0.15, 0.2) is 0 Å². The standard InChI is InChI=1S/C19H38N2O3.C18H36ClNO.C4H8O2.ClH/c1-4-6-8-10-12-14-16-21(18(22)20(3)19(23)24)17-15-13-11-9-7-5-2;1-5-9-11-16(7-3)14-20(18(21)13-19)15-17(8-4)12-10-6-2;1-2-3-4(5)6;/h4-17H2,1-3H3,(H,23,24);16-17H,5-15H2,1-4H3;2-3H2,1H3,(H,5,6);1H. The van der Waals surface area contributed by atoms with Gasteiger partial charge in [-0.1, -0.05) is 151 Å². The predicted octanol–water partition coefficient (Wildman–Crippen LogP) is 12.5. The van der Waals surface area contributed by atoms with Gasteiger partial charge < -0.3 is 20.0 Å². The zero-order chi connectivity index (χ0) is 39.3. The Labute approximate surface area is 331 Å². The van der Waals surface area contributed by atoms with Crippen molar-refractivity contribution in [1.29, 1.82) is 0 Å². The molecular formula is C41H83Cl2N3O6. The summed E-state index contributed by atoms with van der Waals surface area (Å²) in [6.07, 6.45) is 23.6. The zero-order valence-electron chi connectivity index (χ0n) is 34.9. The Kier molecular flexibility index (Phi) is 46.0. The van der Waals surface area contributed by atoms with Crippen LogP contribution in [0.25, 0.3) is 0 Å². The number of imide groups is 1. The highest BCUT2D eigenvalue weighted by atomic mass is 35.5. The van der Waals surface area contributed by atoms with Crippen molar-refractivity contribution >= 4 is 48.0 Å². The largest absolute Gasteiger partial charge is 0.481 e. The number of nitrogens with zero attached hydrogens (tertiary/aromatic N) is 3. The quantitative estimate of drug-likeness (QED) is 0.0576. The van der Waals surface area contributed by atoms with E-state index < -0.39 is 12.1 Å². The lowest BCUT2D eigenvalue weighted by Gasteiger charge is -2.30. The van der Waals surface area contributed by atoms with Crippen molar-refractivity contribution in [3.05, 3.63) is 0 Å². The first kappa shape index (κ1) is 57.0. The van der Waals surface area contributed by atoms with Gasteiger partial charge in [-0.3, -0.25) is 9.59 Å². The van der Waals surface area contributed by atoms with Crippen LogP contribution in [0.1, 0.15) is 190 Å². The minimum Gasteiger partial charge on any atom is -0.481 e. The minimum absolute atomic E-state index is 0. The average Bonchev–Trinajstić information content (AvgIpc) is 3.12. The molecule has 2 unspecified atom stereocenters. The molecule has 2 N–H and O–H groups in total. The van der Waals surface area contributed by atoms with Crippen LogP contribution in [0.4, 0.5) is 9.59 Å². The van der Waals surface area contributed by atoms with Crippen LogP contribution in [0.3, 0.4) is 0 Å². The highest BCUT2D eigenvalue weighted by Gasteiger charge is 2.22. The summed E-state index contributed by atoms with van der Waals surface area (Å²) in [7, 11) is 1.33. The molecule has 0 aromatic heterocycles. The number of urea groups is 1. The molecule has 0 aromatic carbocycles. The van der Waals surface area contributed by atoms with E-state index in [0.29, 0.717) is 31.3 Å². The van der Waals surface area contributed by atoms with Gasteiger partial charge in [0, 0.05) is 39.6 Å². The second kappa shape index (κ2) is 42.0. The third-order valence-electron chi connectivity index (χ3n) is 9.38. The first-order valence-electron chi connectivity index (χ1n) is 20.7. The molecule has 11 heteroatoms. The number of aliphatic carboxylic acids is 1. The van der Waals surface area contributed by atoms with Gasteiger partial charge in [0.15, 0.2) is 0 Å². The first-order valence-corrected chi connectivity index (χ1v) is 21.3. The Morgan fingerprint density at radius 2 is 0.942 bits per heavy atom. The van der Waals surface area contributed by atoms with Gasteiger partial charge in [0.05, 0.1) is 0 Å². The fourth-order valence-electron chi connectivity index (χ4n) is 5.80. The number of carbonyl (C=O) groups is 4. The van der Waals surface area contributed by atoms with E-state index in [-0.39, 0.29) is 30.2 Å². The molecule has 9 nitrogen and oxygen atoms in total. The smallest absolute Gasteiger partial charge is 0.415 e. The molecule has 0 rings (SSSR count). The van der Waals surface area contributed by atoms with Gasteiger partial charge in [-0.05, 0) is 43.9 Å². The zero-order valence-corrected chi connectivity index (χ0v) is 36.5. The molecule has 0 aromatic rings. The fourth-order valence-corrected chi connectivity index (χ4v) is 5.97. The Morgan fingerprint density at radius 1 is 0.558 bits per heavy atom. The van der Waals surface area contributed by atoms with E-state index in [1.165, 1.54) is 96.9 Å². The molecule has 0 heterocycles. The normalized spacial score (nSPS) is 11.5. The number of alkyl halides is 1. The molecular weight excluding hydrogens is 701 g/mol. The van der Waals surface area contributed by atoms with Gasteiger partial charge in [0.2, 0.25) is 5.91 Å². The number of rotatable bonds is 29. The lowest BCUT2D eigenvalue weighted by atomic mass is 9.95. The van der Waals surface area contributed by atoms with E-state index in [4.69, 9.17) is 21.8 Å². The molecule has 0 saturated heterocycles. The van der Waals surface area contributed by atoms with Gasteiger partial charge in [0.1, 0.15) is 5.88 Å². The maximum atomic E-state index is 12.3. The van der Waals surface area contributed by atoms with Gasteiger partial charge in [-0.2, -0.15) is 0 Å². The highest BCUT2D eigenvalue weighted by molar-refractivity contribution is 6.27. The molecule has 52 heavy (non-hydrogen) atoms.